The highest BCUT2D eigenvalue weighted by Gasteiger charge is 2.25. The second-order valence-electron chi connectivity index (χ2n) is 5.45. The fourth-order valence-corrected chi connectivity index (χ4v) is 2.40. The van der Waals surface area contributed by atoms with Gasteiger partial charge in [0, 0.05) is 19.4 Å². The van der Waals surface area contributed by atoms with Crippen molar-refractivity contribution in [2.75, 3.05) is 14.2 Å². The molecule has 0 bridgehead atoms. The molecule has 11 heteroatoms. The zero-order valence-electron chi connectivity index (χ0n) is 15.2. The van der Waals surface area contributed by atoms with Crippen molar-refractivity contribution in [1.29, 1.82) is 0 Å². The summed E-state index contributed by atoms with van der Waals surface area (Å²) in [5.74, 6) is 5.34. The number of methoxy groups -OCH3 is 2. The van der Waals surface area contributed by atoms with Gasteiger partial charge in [-0.1, -0.05) is 11.2 Å². The lowest BCUT2D eigenvalue weighted by Crippen LogP contribution is -2.30. The molecule has 0 aliphatic heterocycles. The average molecular weight is 386 g/mol. The Labute approximate surface area is 159 Å². The molecule has 0 saturated heterocycles. The number of hydrogen-bond acceptors (Lipinski definition) is 10. The van der Waals surface area contributed by atoms with Gasteiger partial charge in [-0.2, -0.15) is 0 Å². The Morgan fingerprint density at radius 1 is 1.25 bits per heavy atom. The number of carbonyl (C=O) groups excluding carboxylic acids is 1. The molecule has 1 amide bonds. The van der Waals surface area contributed by atoms with Crippen LogP contribution in [-0.4, -0.2) is 40.5 Å². The predicted molar refractivity (Wildman–Crippen MR) is 95.0 cm³/mol. The van der Waals surface area contributed by atoms with Crippen LogP contribution in [0, 0.1) is 0 Å². The number of rotatable bonds is 8. The number of amides is 1. The number of hydrogen-bond donors (Lipinski definition) is 2. The van der Waals surface area contributed by atoms with Crippen LogP contribution in [0.5, 0.6) is 11.6 Å². The molecule has 11 nitrogen and oxygen atoms in total. The van der Waals surface area contributed by atoms with Gasteiger partial charge in [-0.15, -0.1) is 10.2 Å². The van der Waals surface area contributed by atoms with Gasteiger partial charge in [0.15, 0.2) is 17.2 Å². The standard InChI is InChI=1S/C17H18N6O5/c1-25-9-13-14(15(23-28-13)16(24)20-18)11-7-12(26-2)17(22-21-11)27-8-10-5-3-4-6-19-10/h3-7H,8-9,18H2,1-2H3,(H,20,24). The molecule has 0 aromatic carbocycles. The number of carbonyl (C=O) groups is 1. The molecular weight excluding hydrogens is 368 g/mol. The van der Waals surface area contributed by atoms with E-state index in [1.807, 2.05) is 23.6 Å². The van der Waals surface area contributed by atoms with Crippen molar-refractivity contribution in [3.63, 3.8) is 0 Å². The van der Waals surface area contributed by atoms with Crippen LogP contribution in [0.2, 0.25) is 0 Å². The molecule has 3 N–H and O–H groups in total. The summed E-state index contributed by atoms with van der Waals surface area (Å²) in [6.07, 6.45) is 1.66. The largest absolute Gasteiger partial charge is 0.491 e. The highest BCUT2D eigenvalue weighted by molar-refractivity contribution is 5.98. The van der Waals surface area contributed by atoms with Gasteiger partial charge >= 0.3 is 0 Å². The van der Waals surface area contributed by atoms with Crippen LogP contribution in [0.15, 0.2) is 35.0 Å². The zero-order valence-corrected chi connectivity index (χ0v) is 15.2. The number of ether oxygens (including phenoxy) is 3. The molecule has 146 valence electrons. The summed E-state index contributed by atoms with van der Waals surface area (Å²) in [4.78, 5) is 16.2. The highest BCUT2D eigenvalue weighted by Crippen LogP contribution is 2.32. The van der Waals surface area contributed by atoms with Crippen LogP contribution in [-0.2, 0) is 18.0 Å². The molecular formula is C17H18N6O5. The molecule has 0 saturated carbocycles. The number of nitrogens with zero attached hydrogens (tertiary/aromatic N) is 4. The summed E-state index contributed by atoms with van der Waals surface area (Å²) in [5, 5.41) is 11.9. The van der Waals surface area contributed by atoms with E-state index in [0.717, 1.165) is 5.69 Å². The van der Waals surface area contributed by atoms with Crippen LogP contribution in [0.25, 0.3) is 11.3 Å². The molecule has 3 aromatic heterocycles. The van der Waals surface area contributed by atoms with Gasteiger partial charge < -0.3 is 18.7 Å². The summed E-state index contributed by atoms with van der Waals surface area (Å²) < 4.78 is 21.2. The summed E-state index contributed by atoms with van der Waals surface area (Å²) in [7, 11) is 2.95. The first-order valence-electron chi connectivity index (χ1n) is 8.11. The van der Waals surface area contributed by atoms with Gasteiger partial charge in [0.05, 0.1) is 18.4 Å². The van der Waals surface area contributed by atoms with Gasteiger partial charge in [0.2, 0.25) is 0 Å². The highest BCUT2D eigenvalue weighted by atomic mass is 16.5. The SMILES string of the molecule is COCc1onc(C(=O)NN)c1-c1cc(OC)c(OCc2ccccn2)nn1. The molecule has 0 radical (unpaired) electrons. The Balaban J connectivity index is 1.93. The quantitative estimate of drug-likeness (QED) is 0.324. The van der Waals surface area contributed by atoms with E-state index in [-0.39, 0.29) is 30.5 Å². The number of nitrogens with one attached hydrogen (secondary N) is 1. The van der Waals surface area contributed by atoms with Crippen molar-refractivity contribution in [1.82, 2.24) is 25.8 Å². The molecule has 28 heavy (non-hydrogen) atoms. The van der Waals surface area contributed by atoms with E-state index in [9.17, 15) is 4.79 Å². The third-order valence-corrected chi connectivity index (χ3v) is 3.67. The zero-order chi connectivity index (χ0) is 19.9. The van der Waals surface area contributed by atoms with Gasteiger partial charge in [-0.25, -0.2) is 5.84 Å². The average Bonchev–Trinajstić information content (AvgIpc) is 3.16. The molecule has 0 aliphatic carbocycles. The molecule has 0 spiro atoms. The maximum atomic E-state index is 12.0. The third kappa shape index (κ3) is 4.05. The van der Waals surface area contributed by atoms with Gasteiger partial charge in [-0.05, 0) is 12.1 Å². The molecule has 3 heterocycles. The first kappa shape index (κ1) is 19.2. The molecule has 0 aliphatic rings. The van der Waals surface area contributed by atoms with Crippen molar-refractivity contribution in [3.05, 3.63) is 47.6 Å². The maximum absolute atomic E-state index is 12.0. The Bertz CT molecular complexity index is 946. The van der Waals surface area contributed by atoms with Gasteiger partial charge in [-0.3, -0.25) is 15.2 Å². The summed E-state index contributed by atoms with van der Waals surface area (Å²) in [5.41, 5.74) is 3.27. The minimum atomic E-state index is -0.641. The van der Waals surface area contributed by atoms with E-state index in [2.05, 4.69) is 20.3 Å². The lowest BCUT2D eigenvalue weighted by molar-refractivity contribution is 0.0944. The number of hydrazine groups is 1. The van der Waals surface area contributed by atoms with Gasteiger partial charge in [0.1, 0.15) is 18.9 Å². The lowest BCUT2D eigenvalue weighted by atomic mass is 10.1. The minimum Gasteiger partial charge on any atom is -0.491 e. The van der Waals surface area contributed by atoms with Gasteiger partial charge in [0.25, 0.3) is 11.8 Å². The van der Waals surface area contributed by atoms with E-state index in [0.29, 0.717) is 17.1 Å². The van der Waals surface area contributed by atoms with Crippen LogP contribution >= 0.6 is 0 Å². The third-order valence-electron chi connectivity index (χ3n) is 3.67. The summed E-state index contributed by atoms with van der Waals surface area (Å²) in [6, 6.07) is 7.04. The van der Waals surface area contributed by atoms with E-state index in [1.54, 1.807) is 12.3 Å². The van der Waals surface area contributed by atoms with E-state index >= 15 is 0 Å². The monoisotopic (exact) mass is 386 g/mol. The van der Waals surface area contributed by atoms with Crippen molar-refractivity contribution in [3.8, 4) is 22.9 Å². The fourth-order valence-electron chi connectivity index (χ4n) is 2.40. The predicted octanol–water partition coefficient (Wildman–Crippen LogP) is 0.864. The van der Waals surface area contributed by atoms with Crippen molar-refractivity contribution in [2.24, 2.45) is 5.84 Å². The minimum absolute atomic E-state index is 0.0481. The fraction of sp³-hybridized carbons (Fsp3) is 0.235. The van der Waals surface area contributed by atoms with Crippen molar-refractivity contribution in [2.45, 2.75) is 13.2 Å². The summed E-state index contributed by atoms with van der Waals surface area (Å²) >= 11 is 0. The molecule has 3 aromatic rings. The Morgan fingerprint density at radius 2 is 2.11 bits per heavy atom. The van der Waals surface area contributed by atoms with E-state index in [4.69, 9.17) is 24.6 Å². The van der Waals surface area contributed by atoms with E-state index < -0.39 is 5.91 Å². The van der Waals surface area contributed by atoms with Crippen LogP contribution in [0.4, 0.5) is 0 Å². The maximum Gasteiger partial charge on any atom is 0.288 e. The first-order chi connectivity index (χ1) is 13.7. The van der Waals surface area contributed by atoms with E-state index in [1.165, 1.54) is 14.2 Å². The second-order valence-corrected chi connectivity index (χ2v) is 5.45. The number of nitrogens with two attached hydrogens (primary N) is 1. The Kier molecular flexibility index (Phi) is 6.09. The Hall–Kier alpha value is -3.57. The second kappa shape index (κ2) is 8.88. The molecule has 0 atom stereocenters. The smallest absolute Gasteiger partial charge is 0.288 e. The lowest BCUT2D eigenvalue weighted by Gasteiger charge is -2.10. The van der Waals surface area contributed by atoms with Crippen LogP contribution < -0.4 is 20.7 Å². The first-order valence-corrected chi connectivity index (χ1v) is 8.11. The van der Waals surface area contributed by atoms with Crippen LogP contribution in [0.3, 0.4) is 0 Å². The molecule has 3 rings (SSSR count). The van der Waals surface area contributed by atoms with Crippen molar-refractivity contribution >= 4 is 5.91 Å². The topological polar surface area (TPSA) is 148 Å². The summed E-state index contributed by atoms with van der Waals surface area (Å²) in [6.45, 7) is 0.260. The van der Waals surface area contributed by atoms with Crippen molar-refractivity contribution < 1.29 is 23.5 Å². The molecule has 0 fully saturated rings. The number of pyridine rings is 1. The Morgan fingerprint density at radius 3 is 2.79 bits per heavy atom. The number of nitrogen functional groups attached to an aromatic ring is 1. The molecule has 0 unspecified atom stereocenters. The number of aromatic nitrogens is 4. The normalized spacial score (nSPS) is 10.5. The van der Waals surface area contributed by atoms with Crippen LogP contribution in [0.1, 0.15) is 21.9 Å².